The summed E-state index contributed by atoms with van der Waals surface area (Å²) in [5.74, 6) is -16.5. The Kier molecular flexibility index (Phi) is 50.4. The van der Waals surface area contributed by atoms with Gasteiger partial charge in [-0.05, 0) is 174 Å². The fraction of sp³-hybridized carbons (Fsp3) is 0.517. The van der Waals surface area contributed by atoms with Crippen molar-refractivity contribution in [3.63, 3.8) is 0 Å². The second kappa shape index (κ2) is 60.9. The van der Waals surface area contributed by atoms with Gasteiger partial charge >= 0.3 is 12.0 Å². The minimum Gasteiger partial charge on any atom is -0.508 e. The van der Waals surface area contributed by atoms with Crippen LogP contribution in [0, 0.1) is 27.0 Å². The standard InChI is InChI=1S/C87H136N32O18S2/c1-47(80(134)119-40-12-22-67(119)79(133)116-63(43-49-26-31-54(121)32-27-49)75(129)112-59(19-9-37-104-85(96)97)71(125)110-60(20-10-39-106-87(100)137)73(127)117-65(45-138)77(131)113-61(81(135)136)21-11-38-105-86(98)99)107-69(123)56(16-4-5-33-88)109-70(124)58(18-8-36-103-84(94)95)111-74(128)62(42-48-24-29-53(120)30-25-48)115-78(132)66(46-139)118-76(130)64(44-50-23-28-51-13-2-3-14-52(51)41-50)114-72(126)57(17-7-35-102-83(92)93)108-68(122)55(89)15-6-34-101-82(90)91/h2-3,13-14,23-32,41,47,55-67,120-121,138-139H,4-12,15-22,33-40,42-46,88-89H2,1H3,(H,107,123)(H,108,122)(H,109,124)(H,110,125)(H,111,128)(H,112,129)(H,113,131)(H,114,126)(H,115,132)(H,116,133)(H,117,127)(H,118,130)(H,135,136)(H4,90,91,101)(H4,92,93,102)(H4,94,95,103)(H4,96,97,104)(H4,98,99,105)(H3,100,106,137)/t47-,55+,56+,57+,58+,59+,60+,61+,62+,63+,64+,65+,66+,67+/m1/s1. The molecule has 1 aliphatic rings. The molecule has 4 aromatic carbocycles. The lowest BCUT2D eigenvalue weighted by Crippen LogP contribution is -2.61. The molecule has 0 spiro atoms. The second-order valence-corrected chi connectivity index (χ2v) is 33.9. The summed E-state index contributed by atoms with van der Waals surface area (Å²) in [5.41, 5.74) is 46.2. The van der Waals surface area contributed by atoms with E-state index in [2.05, 4.69) is 121 Å². The third kappa shape index (κ3) is 42.8. The zero-order chi connectivity index (χ0) is 103. The molecule has 5 rings (SSSR count). The van der Waals surface area contributed by atoms with Crippen LogP contribution in [0.3, 0.4) is 0 Å². The quantitative estimate of drug-likeness (QED) is 0.00845. The van der Waals surface area contributed by atoms with Gasteiger partial charge in [-0.15, -0.1) is 0 Å². The molecule has 52 heteroatoms. The second-order valence-electron chi connectivity index (χ2n) is 33.2. The average Bonchev–Trinajstić information content (AvgIpc) is 1.66. The van der Waals surface area contributed by atoms with Crippen LogP contribution in [0.1, 0.15) is 133 Å². The molecule has 42 N–H and O–H groups in total. The molecule has 0 aliphatic carbocycles. The maximum Gasteiger partial charge on any atom is 0.326 e. The molecule has 1 fully saturated rings. The number of hydrogen-bond acceptors (Lipinski definition) is 26. The lowest BCUT2D eigenvalue weighted by atomic mass is 10.00. The highest BCUT2D eigenvalue weighted by molar-refractivity contribution is 7.80. The number of carbonyl (C=O) groups is 15. The highest BCUT2D eigenvalue weighted by Crippen LogP contribution is 2.23. The molecular formula is C87H136N32O18S2. The molecule has 1 heterocycles. The number of benzene rings is 4. The van der Waals surface area contributed by atoms with Gasteiger partial charge in [0.05, 0.1) is 6.04 Å². The van der Waals surface area contributed by atoms with Crippen LogP contribution in [0.15, 0.2) is 91.0 Å². The topological polar surface area (TPSA) is 864 Å². The number of rotatable bonds is 62. The van der Waals surface area contributed by atoms with Crippen molar-refractivity contribution in [3.8, 4) is 11.5 Å². The van der Waals surface area contributed by atoms with Gasteiger partial charge in [-0.3, -0.25) is 89.4 Å². The highest BCUT2D eigenvalue weighted by atomic mass is 32.1. The number of nitrogens with zero attached hydrogens (tertiary/aromatic N) is 1. The molecule has 14 atom stereocenters. The van der Waals surface area contributed by atoms with E-state index in [0.29, 0.717) is 29.5 Å². The number of unbranched alkanes of at least 4 members (excludes halogenated alkanes) is 1. The van der Waals surface area contributed by atoms with Gasteiger partial charge in [-0.2, -0.15) is 25.3 Å². The zero-order valence-electron chi connectivity index (χ0n) is 77.4. The normalized spacial score (nSPS) is 14.9. The van der Waals surface area contributed by atoms with Gasteiger partial charge in [-0.1, -0.05) is 66.7 Å². The van der Waals surface area contributed by atoms with Crippen LogP contribution >= 0.6 is 25.3 Å². The van der Waals surface area contributed by atoms with Crippen molar-refractivity contribution in [2.24, 2.45) is 45.9 Å². The summed E-state index contributed by atoms with van der Waals surface area (Å²) in [4.78, 5) is 215. The first kappa shape index (κ1) is 115. The van der Waals surface area contributed by atoms with E-state index in [0.717, 1.165) is 10.8 Å². The molecule has 0 bridgehead atoms. The van der Waals surface area contributed by atoms with E-state index in [1.165, 1.54) is 60.4 Å². The molecule has 0 saturated carbocycles. The predicted molar refractivity (Wildman–Crippen MR) is 524 cm³/mol. The Morgan fingerprint density at radius 3 is 1.06 bits per heavy atom. The molecule has 4 aromatic rings. The molecule has 15 amide bonds. The third-order valence-electron chi connectivity index (χ3n) is 22.1. The van der Waals surface area contributed by atoms with Gasteiger partial charge in [0, 0.05) is 76.6 Å². The molecule has 764 valence electrons. The minimum atomic E-state index is -1.62. The number of carboxylic acid groups (broad SMARTS) is 1. The summed E-state index contributed by atoms with van der Waals surface area (Å²) in [7, 11) is 0. The molecule has 139 heavy (non-hydrogen) atoms. The van der Waals surface area contributed by atoms with Gasteiger partial charge in [0.25, 0.3) is 0 Å². The molecule has 1 saturated heterocycles. The molecule has 50 nitrogen and oxygen atoms in total. The monoisotopic (exact) mass is 1980 g/mol. The number of carboxylic acids is 1. The van der Waals surface area contributed by atoms with Gasteiger partial charge in [0.1, 0.15) is 90.0 Å². The smallest absolute Gasteiger partial charge is 0.326 e. The Bertz CT molecular complexity index is 4860. The fourth-order valence-corrected chi connectivity index (χ4v) is 15.2. The SMILES string of the molecule is C[C@@H](NC(=O)[C@H](CCCCN)NC(=O)[C@H](CCCNC(=N)N)NC(=O)[C@H](Cc1ccc(O)cc1)NC(=O)[C@H](CS)NC(=O)[C@H](Cc1ccc2ccccc2c1)NC(=O)[C@H](CCCNC(=N)N)NC(=O)[C@@H](N)CCCNC(=N)N)C(=O)N1CCC[C@H]1C(=O)N[C@@H](Cc1ccc(O)cc1)C(=O)N[C@@H](CCCNC(=N)N)C(=O)N[C@@H](CCCNC(N)=O)C(=O)N[C@@H](CS)C(=O)N[C@@H](CCCNC(=N)N)C(=O)O. The van der Waals surface area contributed by atoms with Crippen molar-refractivity contribution >= 4 is 155 Å². The lowest BCUT2D eigenvalue weighted by Gasteiger charge is -2.30. The number of carbonyl (C=O) groups excluding carboxylic acids is 14. The molecule has 1 aliphatic heterocycles. The van der Waals surface area contributed by atoms with E-state index in [4.69, 9.17) is 72.9 Å². The number of guanidine groups is 5. The minimum absolute atomic E-state index is 0.0142. The lowest BCUT2D eigenvalue weighted by molar-refractivity contribution is -0.142. The number of nitrogens with two attached hydrogens (primary N) is 8. The number of amides is 15. The van der Waals surface area contributed by atoms with Gasteiger partial charge in [0.15, 0.2) is 29.8 Å². The molecule has 0 radical (unpaired) electrons. The number of urea groups is 1. The summed E-state index contributed by atoms with van der Waals surface area (Å²) in [6, 6.07) is 2.12. The van der Waals surface area contributed by atoms with Gasteiger partial charge < -0.3 is 162 Å². The predicted octanol–water partition coefficient (Wildman–Crippen LogP) is -6.73. The number of hydrogen-bond donors (Lipinski definition) is 36. The van der Waals surface area contributed by atoms with Crippen molar-refractivity contribution in [2.45, 2.75) is 220 Å². The summed E-state index contributed by atoms with van der Waals surface area (Å²) in [5, 5.41) is 117. The molecule has 0 unspecified atom stereocenters. The highest BCUT2D eigenvalue weighted by Gasteiger charge is 2.41. The van der Waals surface area contributed by atoms with Crippen LogP contribution in [0.4, 0.5) is 4.79 Å². The number of phenolic OH excluding ortho intramolecular Hbond substituents is 2. The Morgan fingerprint density at radius 1 is 0.374 bits per heavy atom. The van der Waals surface area contributed by atoms with Gasteiger partial charge in [-0.25, -0.2) is 9.59 Å². The van der Waals surface area contributed by atoms with Crippen molar-refractivity contribution < 1.29 is 87.2 Å². The Hall–Kier alpha value is -14.4. The van der Waals surface area contributed by atoms with Crippen molar-refractivity contribution in [1.82, 2.24) is 101 Å². The van der Waals surface area contributed by atoms with E-state index in [-0.39, 0.29) is 203 Å². The maximum absolute atomic E-state index is 15.1. The first-order chi connectivity index (χ1) is 66.1. The van der Waals surface area contributed by atoms with Crippen LogP contribution in [0.2, 0.25) is 0 Å². The van der Waals surface area contributed by atoms with Gasteiger partial charge in [0.2, 0.25) is 76.8 Å². The number of likely N-dealkylation sites (tertiary alicyclic amines) is 1. The summed E-state index contributed by atoms with van der Waals surface area (Å²) in [6.07, 6.45) is -0.313. The largest absolute Gasteiger partial charge is 0.508 e. The number of fused-ring (bicyclic) bond motifs is 1. The van der Waals surface area contributed by atoms with Crippen LogP contribution in [-0.4, -0.2) is 287 Å². The number of thiol groups is 2. The van der Waals surface area contributed by atoms with Crippen LogP contribution < -0.4 is 142 Å². The van der Waals surface area contributed by atoms with Crippen LogP contribution in [0.5, 0.6) is 11.5 Å². The third-order valence-corrected chi connectivity index (χ3v) is 22.8. The average molecular weight is 1980 g/mol. The van der Waals surface area contributed by atoms with Crippen molar-refractivity contribution in [1.29, 1.82) is 27.0 Å². The summed E-state index contributed by atoms with van der Waals surface area (Å²) >= 11 is 8.66. The number of aromatic hydroxyl groups is 2. The number of aliphatic carboxylic acids is 1. The molecule has 0 aromatic heterocycles. The van der Waals surface area contributed by atoms with Crippen molar-refractivity contribution in [3.05, 3.63) is 108 Å². The maximum atomic E-state index is 15.1. The first-order valence-corrected chi connectivity index (χ1v) is 46.7. The van der Waals surface area contributed by atoms with E-state index in [1.807, 2.05) is 24.3 Å². The molecular weight excluding hydrogens is 1850 g/mol. The Balaban J connectivity index is 1.42. The van der Waals surface area contributed by atoms with E-state index >= 15 is 9.59 Å². The summed E-state index contributed by atoms with van der Waals surface area (Å²) in [6.45, 7) is 1.65. The Morgan fingerprint density at radius 2 is 0.683 bits per heavy atom. The number of primary amides is 1. The first-order valence-electron chi connectivity index (χ1n) is 45.4. The van der Waals surface area contributed by atoms with Crippen LogP contribution in [-0.2, 0) is 86.4 Å². The van der Waals surface area contributed by atoms with E-state index in [9.17, 15) is 77.6 Å². The van der Waals surface area contributed by atoms with E-state index < -0.39 is 191 Å². The fourth-order valence-electron chi connectivity index (χ4n) is 14.7. The van der Waals surface area contributed by atoms with Crippen molar-refractivity contribution in [2.75, 3.05) is 63.9 Å². The zero-order valence-corrected chi connectivity index (χ0v) is 79.2. The van der Waals surface area contributed by atoms with E-state index in [1.54, 1.807) is 18.2 Å². The summed E-state index contributed by atoms with van der Waals surface area (Å²) < 4.78 is 0. The van der Waals surface area contributed by atoms with Crippen LogP contribution in [0.25, 0.3) is 10.8 Å². The number of phenols is 2. The Labute approximate surface area is 814 Å². The number of nitrogens with one attached hydrogen (secondary N) is 23.